The average molecular weight is 350 g/mol. The maximum Gasteiger partial charge on any atom is 0.0410 e. The average Bonchev–Trinajstić information content (AvgIpc) is 3.30. The van der Waals surface area contributed by atoms with Crippen molar-refractivity contribution in [3.8, 4) is 0 Å². The van der Waals surface area contributed by atoms with Crippen LogP contribution in [0.5, 0.6) is 0 Å². The molecule has 0 bridgehead atoms. The molecule has 0 radical (unpaired) electrons. The van der Waals surface area contributed by atoms with Crippen molar-refractivity contribution in [1.82, 2.24) is 15.2 Å². The van der Waals surface area contributed by atoms with E-state index in [-0.39, 0.29) is 0 Å². The fourth-order valence-electron chi connectivity index (χ4n) is 3.95. The maximum atomic E-state index is 4.33. The van der Waals surface area contributed by atoms with Gasteiger partial charge in [0.15, 0.2) is 0 Å². The Morgan fingerprint density at radius 1 is 1.33 bits per heavy atom. The lowest BCUT2D eigenvalue weighted by Gasteiger charge is -2.47. The largest absolute Gasteiger partial charge is 0.308 e. The second kappa shape index (κ2) is 5.32. The summed E-state index contributed by atoms with van der Waals surface area (Å²) in [6.45, 7) is 5.82. The molecule has 0 spiro atoms. The number of halogens is 1. The van der Waals surface area contributed by atoms with Crippen LogP contribution in [0.2, 0.25) is 0 Å². The third-order valence-electron chi connectivity index (χ3n) is 5.51. The smallest absolute Gasteiger partial charge is 0.0410 e. The number of hydrogen-bond acceptors (Lipinski definition) is 3. The summed E-state index contributed by atoms with van der Waals surface area (Å²) in [5, 5.41) is 3.89. The zero-order chi connectivity index (χ0) is 14.4. The van der Waals surface area contributed by atoms with Crippen molar-refractivity contribution >= 4 is 15.9 Å². The van der Waals surface area contributed by atoms with Crippen LogP contribution in [0.4, 0.5) is 0 Å². The van der Waals surface area contributed by atoms with Crippen LogP contribution in [-0.4, -0.2) is 34.6 Å². The monoisotopic (exact) mass is 349 g/mol. The molecule has 1 aromatic heterocycles. The predicted octanol–water partition coefficient (Wildman–Crippen LogP) is 3.20. The lowest BCUT2D eigenvalue weighted by molar-refractivity contribution is 0.0577. The van der Waals surface area contributed by atoms with Gasteiger partial charge in [-0.25, -0.2) is 0 Å². The van der Waals surface area contributed by atoms with Crippen LogP contribution >= 0.6 is 15.9 Å². The molecule has 1 N–H and O–H groups in total. The Morgan fingerprint density at radius 2 is 2.14 bits per heavy atom. The molecule has 2 unspecified atom stereocenters. The Labute approximate surface area is 135 Å². The van der Waals surface area contributed by atoms with Crippen molar-refractivity contribution in [1.29, 1.82) is 0 Å². The molecule has 1 aromatic rings. The fourth-order valence-corrected chi connectivity index (χ4v) is 4.36. The summed E-state index contributed by atoms with van der Waals surface area (Å²) in [5.74, 6) is 1.81. The van der Waals surface area contributed by atoms with Gasteiger partial charge in [0.1, 0.15) is 0 Å². The van der Waals surface area contributed by atoms with E-state index in [0.717, 1.165) is 28.9 Å². The first-order valence-electron chi connectivity index (χ1n) is 8.22. The normalized spacial score (nSPS) is 34.1. The Morgan fingerprint density at radius 3 is 2.81 bits per heavy atom. The van der Waals surface area contributed by atoms with E-state index < -0.39 is 0 Å². The van der Waals surface area contributed by atoms with Crippen LogP contribution in [0.25, 0.3) is 0 Å². The minimum Gasteiger partial charge on any atom is -0.308 e. The van der Waals surface area contributed by atoms with Gasteiger partial charge >= 0.3 is 0 Å². The Bertz CT molecular complexity index is 527. The molecule has 0 aromatic carbocycles. The van der Waals surface area contributed by atoms with Crippen molar-refractivity contribution < 1.29 is 0 Å². The molecule has 2 saturated carbocycles. The minimum atomic E-state index is 0.324. The standard InChI is InChI=1S/C17H24BrN3/c1-17(14-4-5-14)11-21(16(9-20-17)13-2-3-13)10-12-6-15(18)8-19-7-12/h6-8,13-14,16,20H,2-5,9-11H2,1H3. The number of rotatable bonds is 4. The van der Waals surface area contributed by atoms with Crippen LogP contribution in [0, 0.1) is 11.8 Å². The summed E-state index contributed by atoms with van der Waals surface area (Å²) in [7, 11) is 0. The molecule has 4 rings (SSSR count). The van der Waals surface area contributed by atoms with E-state index in [1.165, 1.54) is 44.3 Å². The topological polar surface area (TPSA) is 28.2 Å². The highest BCUT2D eigenvalue weighted by molar-refractivity contribution is 9.10. The summed E-state index contributed by atoms with van der Waals surface area (Å²) >= 11 is 3.55. The summed E-state index contributed by atoms with van der Waals surface area (Å²) in [6, 6.07) is 2.93. The Balaban J connectivity index is 1.52. The number of pyridine rings is 1. The molecular weight excluding hydrogens is 326 g/mol. The number of nitrogens with zero attached hydrogens (tertiary/aromatic N) is 2. The molecule has 114 valence electrons. The summed E-state index contributed by atoms with van der Waals surface area (Å²) in [5.41, 5.74) is 1.65. The molecular formula is C17H24BrN3. The van der Waals surface area contributed by atoms with Crippen molar-refractivity contribution in [3.05, 3.63) is 28.5 Å². The molecule has 0 amide bonds. The highest BCUT2D eigenvalue weighted by atomic mass is 79.9. The van der Waals surface area contributed by atoms with E-state index in [0.29, 0.717) is 5.54 Å². The molecule has 3 fully saturated rings. The van der Waals surface area contributed by atoms with Crippen LogP contribution in [0.1, 0.15) is 38.2 Å². The number of nitrogens with one attached hydrogen (secondary N) is 1. The highest BCUT2D eigenvalue weighted by Crippen LogP contribution is 2.44. The first-order valence-corrected chi connectivity index (χ1v) is 9.02. The van der Waals surface area contributed by atoms with E-state index in [4.69, 9.17) is 0 Å². The van der Waals surface area contributed by atoms with Crippen molar-refractivity contribution in [2.75, 3.05) is 13.1 Å². The highest BCUT2D eigenvalue weighted by Gasteiger charge is 2.48. The molecule has 3 nitrogen and oxygen atoms in total. The molecule has 2 atom stereocenters. The molecule has 1 aliphatic heterocycles. The van der Waals surface area contributed by atoms with Crippen LogP contribution in [0.3, 0.4) is 0 Å². The van der Waals surface area contributed by atoms with E-state index in [2.05, 4.69) is 44.1 Å². The van der Waals surface area contributed by atoms with Gasteiger partial charge in [0.05, 0.1) is 0 Å². The van der Waals surface area contributed by atoms with Crippen LogP contribution in [-0.2, 0) is 6.54 Å². The van der Waals surface area contributed by atoms with Gasteiger partial charge < -0.3 is 5.32 Å². The van der Waals surface area contributed by atoms with Gasteiger partial charge in [0, 0.05) is 48.1 Å². The molecule has 2 heterocycles. The zero-order valence-corrected chi connectivity index (χ0v) is 14.3. The molecule has 1 saturated heterocycles. The zero-order valence-electron chi connectivity index (χ0n) is 12.7. The van der Waals surface area contributed by atoms with Gasteiger partial charge in [-0.1, -0.05) is 0 Å². The first kappa shape index (κ1) is 14.2. The second-order valence-corrected chi connectivity index (χ2v) is 8.31. The van der Waals surface area contributed by atoms with Gasteiger partial charge in [-0.05, 0) is 72.0 Å². The predicted molar refractivity (Wildman–Crippen MR) is 88.0 cm³/mol. The number of aromatic nitrogens is 1. The van der Waals surface area contributed by atoms with Crippen LogP contribution < -0.4 is 5.32 Å². The van der Waals surface area contributed by atoms with E-state index in [1.807, 2.05) is 12.4 Å². The van der Waals surface area contributed by atoms with E-state index >= 15 is 0 Å². The Hall–Kier alpha value is -0.450. The maximum absolute atomic E-state index is 4.33. The summed E-state index contributed by atoms with van der Waals surface area (Å²) < 4.78 is 1.09. The third kappa shape index (κ3) is 3.03. The van der Waals surface area contributed by atoms with Crippen molar-refractivity contribution in [3.63, 3.8) is 0 Å². The summed E-state index contributed by atoms with van der Waals surface area (Å²) in [4.78, 5) is 7.06. The molecule has 21 heavy (non-hydrogen) atoms. The van der Waals surface area contributed by atoms with E-state index in [1.54, 1.807) is 0 Å². The lowest BCUT2D eigenvalue weighted by Crippen LogP contribution is -2.64. The van der Waals surface area contributed by atoms with Gasteiger partial charge in [-0.15, -0.1) is 0 Å². The number of hydrogen-bond donors (Lipinski definition) is 1. The fraction of sp³-hybridized carbons (Fsp3) is 0.706. The summed E-state index contributed by atoms with van der Waals surface area (Å²) in [6.07, 6.45) is 9.53. The van der Waals surface area contributed by atoms with Crippen molar-refractivity contribution in [2.24, 2.45) is 11.8 Å². The minimum absolute atomic E-state index is 0.324. The lowest BCUT2D eigenvalue weighted by atomic mass is 9.89. The van der Waals surface area contributed by atoms with Gasteiger partial charge in [-0.2, -0.15) is 0 Å². The molecule has 3 aliphatic rings. The van der Waals surface area contributed by atoms with Gasteiger partial charge in [0.2, 0.25) is 0 Å². The SMILES string of the molecule is CC1(C2CC2)CN(Cc2cncc(Br)c2)C(C2CC2)CN1. The molecule has 4 heteroatoms. The number of piperazine rings is 1. The van der Waals surface area contributed by atoms with Crippen LogP contribution in [0.15, 0.2) is 22.9 Å². The quantitative estimate of drug-likeness (QED) is 0.904. The second-order valence-electron chi connectivity index (χ2n) is 7.39. The molecule has 2 aliphatic carbocycles. The van der Waals surface area contributed by atoms with Gasteiger partial charge in [-0.3, -0.25) is 9.88 Å². The van der Waals surface area contributed by atoms with Crippen molar-refractivity contribution in [2.45, 2.75) is 50.7 Å². The Kier molecular flexibility index (Phi) is 3.59. The third-order valence-corrected chi connectivity index (χ3v) is 5.94. The first-order chi connectivity index (χ1) is 10.1. The van der Waals surface area contributed by atoms with E-state index in [9.17, 15) is 0 Å². The van der Waals surface area contributed by atoms with Gasteiger partial charge in [0.25, 0.3) is 0 Å².